The van der Waals surface area contributed by atoms with Gasteiger partial charge in [0.05, 0.1) is 6.10 Å². The molecule has 1 aromatic carbocycles. The topological polar surface area (TPSA) is 55.5 Å². The van der Waals surface area contributed by atoms with E-state index in [0.717, 1.165) is 16.9 Å². The summed E-state index contributed by atoms with van der Waals surface area (Å²) in [4.78, 5) is 0. The van der Waals surface area contributed by atoms with Crippen LogP contribution in [0, 0.1) is 6.92 Å². The molecule has 0 aliphatic carbocycles. The maximum absolute atomic E-state index is 9.14. The van der Waals surface area contributed by atoms with Crippen LogP contribution in [0.3, 0.4) is 0 Å². The molecule has 0 aromatic heterocycles. The average molecular weight is 209 g/mol. The van der Waals surface area contributed by atoms with Gasteiger partial charge in [-0.1, -0.05) is 17.7 Å². The number of hydrogen-bond donors (Lipinski definition) is 2. The smallest absolute Gasteiger partial charge is 0.124 e. The van der Waals surface area contributed by atoms with Crippen LogP contribution in [0.25, 0.3) is 0 Å². The number of aryl methyl sites for hydroxylation is 1. The molecule has 0 amide bonds. The number of nitrogens with two attached hydrogens (primary N) is 1. The molecule has 1 unspecified atom stereocenters. The summed E-state index contributed by atoms with van der Waals surface area (Å²) < 4.78 is 5.48. The highest BCUT2D eigenvalue weighted by atomic mass is 16.5. The van der Waals surface area contributed by atoms with Crippen molar-refractivity contribution in [1.82, 2.24) is 0 Å². The Labute approximate surface area is 90.9 Å². The van der Waals surface area contributed by atoms with E-state index < -0.39 is 6.10 Å². The van der Waals surface area contributed by atoms with E-state index >= 15 is 0 Å². The average Bonchev–Trinajstić information content (AvgIpc) is 2.15. The van der Waals surface area contributed by atoms with Gasteiger partial charge in [-0.05, 0) is 26.8 Å². The summed E-state index contributed by atoms with van der Waals surface area (Å²) in [6.07, 6.45) is -0.466. The first-order valence-corrected chi connectivity index (χ1v) is 5.17. The molecule has 0 saturated carbocycles. The fraction of sp³-hybridized carbons (Fsp3) is 0.500. The summed E-state index contributed by atoms with van der Waals surface area (Å²) in [6.45, 7) is 5.93. The van der Waals surface area contributed by atoms with Gasteiger partial charge in [0, 0.05) is 11.6 Å². The molecule has 2 atom stereocenters. The third kappa shape index (κ3) is 3.53. The van der Waals surface area contributed by atoms with Gasteiger partial charge in [-0.3, -0.25) is 0 Å². The zero-order chi connectivity index (χ0) is 11.4. The molecule has 0 aliphatic rings. The summed E-state index contributed by atoms with van der Waals surface area (Å²) in [5.74, 6) is 0.761. The standard InChI is InChI=1S/C12H19NO2/c1-8-4-5-12(15-7-9(2)14)11(6-8)10(3)13/h4-6,9-10,14H,7,13H2,1-3H3/t9?,10-/m1/s1. The maximum Gasteiger partial charge on any atom is 0.124 e. The lowest BCUT2D eigenvalue weighted by Gasteiger charge is -2.15. The normalized spacial score (nSPS) is 14.7. The Morgan fingerprint density at radius 2 is 2.07 bits per heavy atom. The Bertz CT molecular complexity index is 321. The van der Waals surface area contributed by atoms with Crippen molar-refractivity contribution in [2.24, 2.45) is 5.73 Å². The molecular formula is C12H19NO2. The zero-order valence-corrected chi connectivity index (χ0v) is 9.53. The van der Waals surface area contributed by atoms with Crippen molar-refractivity contribution < 1.29 is 9.84 Å². The summed E-state index contributed by atoms with van der Waals surface area (Å²) >= 11 is 0. The van der Waals surface area contributed by atoms with Crippen molar-refractivity contribution >= 4 is 0 Å². The fourth-order valence-electron chi connectivity index (χ4n) is 1.37. The second kappa shape index (κ2) is 5.14. The van der Waals surface area contributed by atoms with Crippen molar-refractivity contribution in [3.8, 4) is 5.75 Å². The van der Waals surface area contributed by atoms with Crippen molar-refractivity contribution in [1.29, 1.82) is 0 Å². The number of rotatable bonds is 4. The minimum absolute atomic E-state index is 0.0612. The number of hydrogen-bond acceptors (Lipinski definition) is 3. The molecule has 84 valence electrons. The van der Waals surface area contributed by atoms with Crippen LogP contribution in [0.15, 0.2) is 18.2 Å². The third-order valence-electron chi connectivity index (χ3n) is 2.14. The molecule has 0 aliphatic heterocycles. The molecule has 0 heterocycles. The quantitative estimate of drug-likeness (QED) is 0.794. The highest BCUT2D eigenvalue weighted by Gasteiger charge is 2.09. The van der Waals surface area contributed by atoms with Crippen LogP contribution >= 0.6 is 0 Å². The van der Waals surface area contributed by atoms with Gasteiger partial charge in [-0.2, -0.15) is 0 Å². The van der Waals surface area contributed by atoms with Gasteiger partial charge in [0.25, 0.3) is 0 Å². The molecule has 0 bridgehead atoms. The van der Waals surface area contributed by atoms with Crippen LogP contribution in [0.2, 0.25) is 0 Å². The van der Waals surface area contributed by atoms with Gasteiger partial charge in [0.15, 0.2) is 0 Å². The highest BCUT2D eigenvalue weighted by molar-refractivity contribution is 5.38. The van der Waals surface area contributed by atoms with Gasteiger partial charge < -0.3 is 15.6 Å². The number of aliphatic hydroxyl groups excluding tert-OH is 1. The monoisotopic (exact) mass is 209 g/mol. The van der Waals surface area contributed by atoms with Crippen LogP contribution in [-0.4, -0.2) is 17.8 Å². The van der Waals surface area contributed by atoms with Gasteiger partial charge in [0.2, 0.25) is 0 Å². The summed E-state index contributed by atoms with van der Waals surface area (Å²) in [5, 5.41) is 9.14. The van der Waals surface area contributed by atoms with Crippen LogP contribution < -0.4 is 10.5 Å². The molecule has 0 saturated heterocycles. The molecule has 15 heavy (non-hydrogen) atoms. The first-order valence-electron chi connectivity index (χ1n) is 5.17. The van der Waals surface area contributed by atoms with Gasteiger partial charge in [-0.15, -0.1) is 0 Å². The lowest BCUT2D eigenvalue weighted by atomic mass is 10.1. The van der Waals surface area contributed by atoms with E-state index in [-0.39, 0.29) is 6.04 Å². The van der Waals surface area contributed by atoms with E-state index in [0.29, 0.717) is 6.61 Å². The Morgan fingerprint density at radius 1 is 1.40 bits per heavy atom. The van der Waals surface area contributed by atoms with Crippen LogP contribution in [-0.2, 0) is 0 Å². The number of benzene rings is 1. The van der Waals surface area contributed by atoms with Crippen LogP contribution in [0.5, 0.6) is 5.75 Å². The number of ether oxygens (including phenoxy) is 1. The Balaban J connectivity index is 2.86. The minimum Gasteiger partial charge on any atom is -0.491 e. The first-order chi connectivity index (χ1) is 7.00. The van der Waals surface area contributed by atoms with E-state index in [1.807, 2.05) is 32.0 Å². The molecular weight excluding hydrogens is 190 g/mol. The molecule has 0 radical (unpaired) electrons. The molecule has 0 fully saturated rings. The van der Waals surface area contributed by atoms with Crippen molar-refractivity contribution in [3.63, 3.8) is 0 Å². The second-order valence-electron chi connectivity index (χ2n) is 3.99. The summed E-state index contributed by atoms with van der Waals surface area (Å²) in [5.41, 5.74) is 7.99. The van der Waals surface area contributed by atoms with Crippen molar-refractivity contribution in [2.45, 2.75) is 32.9 Å². The largest absolute Gasteiger partial charge is 0.491 e. The highest BCUT2D eigenvalue weighted by Crippen LogP contribution is 2.25. The minimum atomic E-state index is -0.466. The second-order valence-corrected chi connectivity index (χ2v) is 3.99. The molecule has 1 aromatic rings. The molecule has 3 N–H and O–H groups in total. The zero-order valence-electron chi connectivity index (χ0n) is 9.53. The summed E-state index contributed by atoms with van der Waals surface area (Å²) in [7, 11) is 0. The third-order valence-corrected chi connectivity index (χ3v) is 2.14. The number of aliphatic hydroxyl groups is 1. The van der Waals surface area contributed by atoms with Crippen LogP contribution in [0.1, 0.15) is 31.0 Å². The SMILES string of the molecule is Cc1ccc(OCC(C)O)c([C@@H](C)N)c1. The van der Waals surface area contributed by atoms with E-state index in [9.17, 15) is 0 Å². The van der Waals surface area contributed by atoms with E-state index in [1.54, 1.807) is 6.92 Å². The van der Waals surface area contributed by atoms with Crippen molar-refractivity contribution in [3.05, 3.63) is 29.3 Å². The lowest BCUT2D eigenvalue weighted by Crippen LogP contribution is -2.15. The predicted molar refractivity (Wildman–Crippen MR) is 61.0 cm³/mol. The van der Waals surface area contributed by atoms with Gasteiger partial charge >= 0.3 is 0 Å². The first kappa shape index (κ1) is 12.0. The van der Waals surface area contributed by atoms with E-state index in [4.69, 9.17) is 15.6 Å². The van der Waals surface area contributed by atoms with Gasteiger partial charge in [0.1, 0.15) is 12.4 Å². The Kier molecular flexibility index (Phi) is 4.12. The Morgan fingerprint density at radius 3 is 2.60 bits per heavy atom. The molecule has 0 spiro atoms. The molecule has 1 rings (SSSR count). The van der Waals surface area contributed by atoms with Crippen molar-refractivity contribution in [2.75, 3.05) is 6.61 Å². The molecule has 3 heteroatoms. The predicted octanol–water partition coefficient (Wildman–Crippen LogP) is 1.77. The lowest BCUT2D eigenvalue weighted by molar-refractivity contribution is 0.122. The fourth-order valence-corrected chi connectivity index (χ4v) is 1.37. The van der Waals surface area contributed by atoms with Gasteiger partial charge in [-0.25, -0.2) is 0 Å². The van der Waals surface area contributed by atoms with E-state index in [2.05, 4.69) is 0 Å². The summed E-state index contributed by atoms with van der Waals surface area (Å²) in [6, 6.07) is 5.83. The van der Waals surface area contributed by atoms with Crippen LogP contribution in [0.4, 0.5) is 0 Å². The molecule has 3 nitrogen and oxygen atoms in total. The Hall–Kier alpha value is -1.06. The maximum atomic E-state index is 9.14. The van der Waals surface area contributed by atoms with E-state index in [1.165, 1.54) is 0 Å².